The molecule has 0 saturated heterocycles. The van der Waals surface area contributed by atoms with Gasteiger partial charge in [0.2, 0.25) is 0 Å². The highest BCUT2D eigenvalue weighted by Gasteiger charge is 2.28. The van der Waals surface area contributed by atoms with Crippen LogP contribution in [0.5, 0.6) is 0 Å². The Kier molecular flexibility index (Phi) is 3.60. The van der Waals surface area contributed by atoms with Crippen LogP contribution in [-0.2, 0) is 0 Å². The summed E-state index contributed by atoms with van der Waals surface area (Å²) in [5.74, 6) is 0. The fraction of sp³-hybridized carbons (Fsp3) is 0.875. The van der Waals surface area contributed by atoms with E-state index in [1.54, 1.807) is 5.32 Å². The Labute approximate surface area is 80.0 Å². The van der Waals surface area contributed by atoms with Gasteiger partial charge >= 0.3 is 12.2 Å². The number of halogens is 3. The molecule has 0 bridgehead atoms. The predicted molar refractivity (Wildman–Crippen MR) is 44.8 cm³/mol. The number of urea groups is 1. The fourth-order valence-electron chi connectivity index (χ4n) is 1.49. The van der Waals surface area contributed by atoms with Crippen LogP contribution < -0.4 is 10.6 Å². The minimum atomic E-state index is -4.34. The van der Waals surface area contributed by atoms with E-state index in [1.165, 1.54) is 0 Å². The summed E-state index contributed by atoms with van der Waals surface area (Å²) in [5, 5.41) is 4.28. The van der Waals surface area contributed by atoms with E-state index in [0.717, 1.165) is 25.7 Å². The molecule has 1 fully saturated rings. The highest BCUT2D eigenvalue weighted by atomic mass is 19.4. The number of carbonyl (C=O) groups excluding carboxylic acids is 1. The summed E-state index contributed by atoms with van der Waals surface area (Å²) >= 11 is 0. The third kappa shape index (κ3) is 4.34. The largest absolute Gasteiger partial charge is 0.405 e. The van der Waals surface area contributed by atoms with E-state index < -0.39 is 18.8 Å². The average molecular weight is 210 g/mol. The van der Waals surface area contributed by atoms with E-state index >= 15 is 0 Å². The number of nitrogens with one attached hydrogen (secondary N) is 2. The smallest absolute Gasteiger partial charge is 0.335 e. The third-order valence-corrected chi connectivity index (χ3v) is 2.14. The second kappa shape index (κ2) is 4.52. The van der Waals surface area contributed by atoms with Gasteiger partial charge in [-0.05, 0) is 12.8 Å². The van der Waals surface area contributed by atoms with Crippen molar-refractivity contribution in [2.24, 2.45) is 0 Å². The summed E-state index contributed by atoms with van der Waals surface area (Å²) in [7, 11) is 0. The van der Waals surface area contributed by atoms with Crippen molar-refractivity contribution in [3.05, 3.63) is 0 Å². The summed E-state index contributed by atoms with van der Waals surface area (Å²) < 4.78 is 35.1. The Morgan fingerprint density at radius 2 is 1.86 bits per heavy atom. The van der Waals surface area contributed by atoms with Crippen molar-refractivity contribution in [3.8, 4) is 0 Å². The van der Waals surface area contributed by atoms with Gasteiger partial charge in [0, 0.05) is 6.04 Å². The molecule has 2 N–H and O–H groups in total. The fourth-order valence-corrected chi connectivity index (χ4v) is 1.49. The molecule has 0 aromatic heterocycles. The Bertz CT molecular complexity index is 199. The molecular formula is C8H13F3N2O. The van der Waals surface area contributed by atoms with Crippen molar-refractivity contribution in [2.45, 2.75) is 37.9 Å². The summed E-state index contributed by atoms with van der Waals surface area (Å²) in [5.41, 5.74) is 0. The molecule has 1 aliphatic rings. The van der Waals surface area contributed by atoms with E-state index in [0.29, 0.717) is 0 Å². The van der Waals surface area contributed by atoms with Crippen LogP contribution >= 0.6 is 0 Å². The van der Waals surface area contributed by atoms with Gasteiger partial charge in [0.05, 0.1) is 0 Å². The molecule has 0 atom stereocenters. The van der Waals surface area contributed by atoms with E-state index in [4.69, 9.17) is 0 Å². The molecule has 0 aromatic rings. The van der Waals surface area contributed by atoms with Gasteiger partial charge in [-0.1, -0.05) is 12.8 Å². The first-order valence-electron chi connectivity index (χ1n) is 4.58. The second-order valence-electron chi connectivity index (χ2n) is 3.42. The minimum Gasteiger partial charge on any atom is -0.335 e. The molecule has 0 heterocycles. The third-order valence-electron chi connectivity index (χ3n) is 2.14. The number of amides is 2. The van der Waals surface area contributed by atoms with Crippen LogP contribution in [0.15, 0.2) is 0 Å². The van der Waals surface area contributed by atoms with Crippen molar-refractivity contribution in [2.75, 3.05) is 6.54 Å². The predicted octanol–water partition coefficient (Wildman–Crippen LogP) is 1.79. The van der Waals surface area contributed by atoms with Crippen LogP contribution in [0.2, 0.25) is 0 Å². The Hall–Kier alpha value is -0.940. The zero-order chi connectivity index (χ0) is 10.6. The van der Waals surface area contributed by atoms with Crippen LogP contribution in [0.3, 0.4) is 0 Å². The lowest BCUT2D eigenvalue weighted by Crippen LogP contribution is -2.44. The van der Waals surface area contributed by atoms with Gasteiger partial charge in [0.15, 0.2) is 0 Å². The van der Waals surface area contributed by atoms with Crippen molar-refractivity contribution in [3.63, 3.8) is 0 Å². The summed E-state index contributed by atoms with van der Waals surface area (Å²) in [6, 6.07) is -0.683. The summed E-state index contributed by atoms with van der Waals surface area (Å²) in [6.07, 6.45) is -0.555. The first-order chi connectivity index (χ1) is 6.47. The van der Waals surface area contributed by atoms with Crippen molar-refractivity contribution >= 4 is 6.03 Å². The monoisotopic (exact) mass is 210 g/mol. The van der Waals surface area contributed by atoms with Gasteiger partial charge in [0.1, 0.15) is 6.54 Å². The normalized spacial score (nSPS) is 18.2. The van der Waals surface area contributed by atoms with E-state index in [2.05, 4.69) is 5.32 Å². The molecule has 1 rings (SSSR count). The van der Waals surface area contributed by atoms with Crippen LogP contribution in [0.1, 0.15) is 25.7 Å². The number of hydrogen-bond acceptors (Lipinski definition) is 1. The van der Waals surface area contributed by atoms with Gasteiger partial charge in [-0.15, -0.1) is 0 Å². The summed E-state index contributed by atoms with van der Waals surface area (Å²) in [6.45, 7) is -1.27. The van der Waals surface area contributed by atoms with Crippen LogP contribution in [0, 0.1) is 0 Å². The number of rotatable bonds is 2. The van der Waals surface area contributed by atoms with E-state index in [9.17, 15) is 18.0 Å². The molecule has 14 heavy (non-hydrogen) atoms. The molecule has 0 spiro atoms. The lowest BCUT2D eigenvalue weighted by molar-refractivity contribution is -0.122. The lowest BCUT2D eigenvalue weighted by atomic mass is 10.2. The number of hydrogen-bond donors (Lipinski definition) is 2. The van der Waals surface area contributed by atoms with E-state index in [1.807, 2.05) is 0 Å². The maximum atomic E-state index is 11.7. The molecule has 0 aromatic carbocycles. The Balaban J connectivity index is 2.15. The number of carbonyl (C=O) groups is 1. The quantitative estimate of drug-likeness (QED) is 0.716. The highest BCUT2D eigenvalue weighted by Crippen LogP contribution is 2.17. The molecule has 1 aliphatic carbocycles. The maximum absolute atomic E-state index is 11.7. The highest BCUT2D eigenvalue weighted by molar-refractivity contribution is 5.74. The zero-order valence-corrected chi connectivity index (χ0v) is 7.66. The van der Waals surface area contributed by atoms with Crippen molar-refractivity contribution in [1.29, 1.82) is 0 Å². The zero-order valence-electron chi connectivity index (χ0n) is 7.66. The molecule has 6 heteroatoms. The lowest BCUT2D eigenvalue weighted by Gasteiger charge is -2.13. The van der Waals surface area contributed by atoms with Crippen molar-refractivity contribution < 1.29 is 18.0 Å². The molecule has 0 radical (unpaired) electrons. The molecular weight excluding hydrogens is 197 g/mol. The van der Waals surface area contributed by atoms with Gasteiger partial charge in [-0.25, -0.2) is 4.79 Å². The van der Waals surface area contributed by atoms with Crippen molar-refractivity contribution in [1.82, 2.24) is 10.6 Å². The minimum absolute atomic E-state index is 0.0447. The standard InChI is InChI=1S/C8H13F3N2O/c9-8(10,11)5-12-7(14)13-6-3-1-2-4-6/h6H,1-5H2,(H2,12,13,14). The molecule has 3 nitrogen and oxygen atoms in total. The van der Waals surface area contributed by atoms with Crippen LogP contribution in [0.25, 0.3) is 0 Å². The molecule has 2 amide bonds. The average Bonchev–Trinajstić information content (AvgIpc) is 2.52. The van der Waals surface area contributed by atoms with Gasteiger partial charge in [0.25, 0.3) is 0 Å². The topological polar surface area (TPSA) is 41.1 Å². The molecule has 82 valence electrons. The molecule has 0 aliphatic heterocycles. The summed E-state index contributed by atoms with van der Waals surface area (Å²) in [4.78, 5) is 10.9. The van der Waals surface area contributed by atoms with E-state index in [-0.39, 0.29) is 6.04 Å². The maximum Gasteiger partial charge on any atom is 0.405 e. The number of alkyl halides is 3. The molecule has 1 saturated carbocycles. The van der Waals surface area contributed by atoms with Crippen LogP contribution in [-0.4, -0.2) is 24.8 Å². The Morgan fingerprint density at radius 1 is 1.29 bits per heavy atom. The van der Waals surface area contributed by atoms with Gasteiger partial charge < -0.3 is 10.6 Å². The Morgan fingerprint density at radius 3 is 2.36 bits per heavy atom. The SMILES string of the molecule is O=C(NCC(F)(F)F)NC1CCCC1. The first kappa shape index (κ1) is 11.1. The van der Waals surface area contributed by atoms with Gasteiger partial charge in [-0.2, -0.15) is 13.2 Å². The van der Waals surface area contributed by atoms with Gasteiger partial charge in [-0.3, -0.25) is 0 Å². The molecule has 0 unspecified atom stereocenters. The first-order valence-corrected chi connectivity index (χ1v) is 4.58. The van der Waals surface area contributed by atoms with Crippen LogP contribution in [0.4, 0.5) is 18.0 Å². The second-order valence-corrected chi connectivity index (χ2v) is 3.42.